The van der Waals surface area contributed by atoms with Crippen LogP contribution in [0.4, 0.5) is 0 Å². The molecule has 0 amide bonds. The molecule has 30 heavy (non-hydrogen) atoms. The largest absolute Gasteiger partial charge is 0.493 e. The fourth-order valence-corrected chi connectivity index (χ4v) is 4.89. The van der Waals surface area contributed by atoms with E-state index < -0.39 is 5.92 Å². The number of ether oxygens (including phenoxy) is 6. The maximum Gasteiger partial charge on any atom is 0.310 e. The van der Waals surface area contributed by atoms with Crippen LogP contribution in [0.2, 0.25) is 0 Å². The van der Waals surface area contributed by atoms with Crippen molar-refractivity contribution in [2.45, 2.75) is 12.0 Å². The zero-order valence-electron chi connectivity index (χ0n) is 17.0. The van der Waals surface area contributed by atoms with Gasteiger partial charge in [-0.1, -0.05) is 0 Å². The van der Waals surface area contributed by atoms with E-state index in [1.807, 2.05) is 24.3 Å². The molecular weight excluding hydrogens is 390 g/mol. The molecular formula is C22H23NO7. The molecule has 0 aromatic heterocycles. The number of esters is 1. The molecule has 2 heterocycles. The van der Waals surface area contributed by atoms with Gasteiger partial charge in [0, 0.05) is 17.9 Å². The fraction of sp³-hybridized carbons (Fsp3) is 0.409. The quantitative estimate of drug-likeness (QED) is 0.763. The first-order chi connectivity index (χ1) is 14.6. The van der Waals surface area contributed by atoms with E-state index in [9.17, 15) is 4.79 Å². The number of carbonyl (C=O) groups excluding carboxylic acids is 1. The van der Waals surface area contributed by atoms with Crippen molar-refractivity contribution in [3.63, 3.8) is 0 Å². The standard InChI is InChI=1S/C22H23NO7/c1-25-16-4-10(5-17(26-2)21(16)27-3)18-11-6-14-15(30-9-29-14)7-12(11)20(23)13-8-28-22(24)19(13)18/h4-7,13,18-20H,8-9,23H2,1-3H3/t13-,18+,19+,20-/m0/s1. The van der Waals surface area contributed by atoms with Crippen molar-refractivity contribution in [2.24, 2.45) is 17.6 Å². The van der Waals surface area contributed by atoms with Gasteiger partial charge in [-0.05, 0) is 41.0 Å². The van der Waals surface area contributed by atoms with Crippen LogP contribution >= 0.6 is 0 Å². The van der Waals surface area contributed by atoms with Crippen molar-refractivity contribution in [3.05, 3.63) is 41.0 Å². The predicted molar refractivity (Wildman–Crippen MR) is 105 cm³/mol. The molecule has 1 saturated heterocycles. The monoisotopic (exact) mass is 413 g/mol. The van der Waals surface area contributed by atoms with Gasteiger partial charge in [0.1, 0.15) is 0 Å². The summed E-state index contributed by atoms with van der Waals surface area (Å²) >= 11 is 0. The molecule has 2 N–H and O–H groups in total. The summed E-state index contributed by atoms with van der Waals surface area (Å²) in [4.78, 5) is 12.8. The Bertz CT molecular complexity index is 996. The molecule has 2 aromatic carbocycles. The molecule has 3 aliphatic rings. The number of nitrogens with two attached hydrogens (primary N) is 1. The maximum atomic E-state index is 12.8. The van der Waals surface area contributed by atoms with Crippen molar-refractivity contribution >= 4 is 5.97 Å². The molecule has 8 heteroatoms. The number of hydrogen-bond donors (Lipinski definition) is 1. The van der Waals surface area contributed by atoms with E-state index in [0.29, 0.717) is 35.4 Å². The maximum absolute atomic E-state index is 12.8. The lowest BCUT2D eigenvalue weighted by molar-refractivity contribution is -0.141. The van der Waals surface area contributed by atoms with Crippen molar-refractivity contribution in [1.29, 1.82) is 0 Å². The molecule has 1 aliphatic carbocycles. The van der Waals surface area contributed by atoms with Crippen LogP contribution in [-0.4, -0.2) is 40.7 Å². The van der Waals surface area contributed by atoms with Crippen molar-refractivity contribution in [1.82, 2.24) is 0 Å². The van der Waals surface area contributed by atoms with Crippen LogP contribution in [0.15, 0.2) is 24.3 Å². The molecule has 0 unspecified atom stereocenters. The topological polar surface area (TPSA) is 98.5 Å². The number of rotatable bonds is 4. The van der Waals surface area contributed by atoms with E-state index in [-0.39, 0.29) is 30.6 Å². The Hall–Kier alpha value is -3.13. The fourth-order valence-electron chi connectivity index (χ4n) is 4.89. The van der Waals surface area contributed by atoms with Crippen molar-refractivity contribution in [3.8, 4) is 28.7 Å². The third-order valence-corrected chi connectivity index (χ3v) is 6.29. The van der Waals surface area contributed by atoms with Gasteiger partial charge in [0.2, 0.25) is 12.5 Å². The molecule has 0 radical (unpaired) electrons. The predicted octanol–water partition coefficient (Wildman–Crippen LogP) is 2.38. The molecule has 0 spiro atoms. The van der Waals surface area contributed by atoms with E-state index in [1.165, 1.54) is 0 Å². The number of methoxy groups -OCH3 is 3. The van der Waals surface area contributed by atoms with Crippen molar-refractivity contribution < 1.29 is 33.2 Å². The third-order valence-electron chi connectivity index (χ3n) is 6.29. The van der Waals surface area contributed by atoms with Crippen LogP contribution in [-0.2, 0) is 9.53 Å². The number of carbonyl (C=O) groups is 1. The molecule has 4 atom stereocenters. The number of hydrogen-bond acceptors (Lipinski definition) is 8. The Morgan fingerprint density at radius 1 is 0.900 bits per heavy atom. The SMILES string of the molecule is COc1cc([C@@H]2c3cc4c(cc3[C@H](N)[C@H]3COC(=O)[C@@H]23)OCO4)cc(OC)c1OC. The van der Waals surface area contributed by atoms with Gasteiger partial charge in [-0.25, -0.2) is 0 Å². The van der Waals surface area contributed by atoms with E-state index in [4.69, 9.17) is 34.2 Å². The Morgan fingerprint density at radius 2 is 1.53 bits per heavy atom. The average Bonchev–Trinajstić information content (AvgIpc) is 3.38. The van der Waals surface area contributed by atoms with Crippen LogP contribution in [0.3, 0.4) is 0 Å². The zero-order chi connectivity index (χ0) is 21.0. The second-order valence-corrected chi connectivity index (χ2v) is 7.62. The van der Waals surface area contributed by atoms with E-state index in [0.717, 1.165) is 16.7 Å². The zero-order valence-corrected chi connectivity index (χ0v) is 17.0. The highest BCUT2D eigenvalue weighted by molar-refractivity contribution is 5.79. The average molecular weight is 413 g/mol. The van der Waals surface area contributed by atoms with Gasteiger partial charge >= 0.3 is 5.97 Å². The van der Waals surface area contributed by atoms with Gasteiger partial charge in [0.15, 0.2) is 23.0 Å². The smallest absolute Gasteiger partial charge is 0.310 e. The van der Waals surface area contributed by atoms with Gasteiger partial charge in [-0.15, -0.1) is 0 Å². The highest BCUT2D eigenvalue weighted by atomic mass is 16.7. The van der Waals surface area contributed by atoms with Gasteiger partial charge in [0.05, 0.1) is 33.9 Å². The van der Waals surface area contributed by atoms with Gasteiger partial charge in [0.25, 0.3) is 0 Å². The molecule has 2 aliphatic heterocycles. The second kappa shape index (κ2) is 6.98. The minimum absolute atomic E-state index is 0.144. The molecule has 1 fully saturated rings. The van der Waals surface area contributed by atoms with Gasteiger partial charge in [-0.2, -0.15) is 0 Å². The summed E-state index contributed by atoms with van der Waals surface area (Å²) in [6.07, 6.45) is 0. The summed E-state index contributed by atoms with van der Waals surface area (Å²) in [5, 5.41) is 0. The highest BCUT2D eigenvalue weighted by Crippen LogP contribution is 2.54. The Morgan fingerprint density at radius 3 is 2.13 bits per heavy atom. The van der Waals surface area contributed by atoms with E-state index in [2.05, 4.69) is 0 Å². The molecule has 2 aromatic rings. The summed E-state index contributed by atoms with van der Waals surface area (Å²) in [5.41, 5.74) is 9.29. The summed E-state index contributed by atoms with van der Waals surface area (Å²) < 4.78 is 33.1. The van der Waals surface area contributed by atoms with Crippen LogP contribution in [0, 0.1) is 11.8 Å². The normalized spacial score (nSPS) is 25.9. The first kappa shape index (κ1) is 18.9. The Balaban J connectivity index is 1.74. The minimum Gasteiger partial charge on any atom is -0.493 e. The summed E-state index contributed by atoms with van der Waals surface area (Å²) in [5.74, 6) is 1.72. The van der Waals surface area contributed by atoms with Gasteiger partial charge < -0.3 is 34.2 Å². The lowest BCUT2D eigenvalue weighted by Gasteiger charge is -2.37. The summed E-state index contributed by atoms with van der Waals surface area (Å²) in [6.45, 7) is 0.455. The lowest BCUT2D eigenvalue weighted by atomic mass is 9.65. The van der Waals surface area contributed by atoms with Crippen LogP contribution < -0.4 is 29.4 Å². The molecule has 0 saturated carbocycles. The summed E-state index contributed by atoms with van der Waals surface area (Å²) in [6, 6.07) is 7.25. The van der Waals surface area contributed by atoms with Crippen LogP contribution in [0.25, 0.3) is 0 Å². The Labute approximate surface area is 173 Å². The Kier molecular flexibility index (Phi) is 4.39. The molecule has 5 rings (SSSR count). The number of fused-ring (bicyclic) bond motifs is 3. The first-order valence-electron chi connectivity index (χ1n) is 9.73. The molecule has 158 valence electrons. The van der Waals surface area contributed by atoms with Gasteiger partial charge in [-0.3, -0.25) is 4.79 Å². The molecule has 8 nitrogen and oxygen atoms in total. The third kappa shape index (κ3) is 2.60. The first-order valence-corrected chi connectivity index (χ1v) is 9.73. The molecule has 0 bridgehead atoms. The van der Waals surface area contributed by atoms with Crippen LogP contribution in [0.1, 0.15) is 28.7 Å². The minimum atomic E-state index is -0.421. The lowest BCUT2D eigenvalue weighted by Crippen LogP contribution is -2.38. The summed E-state index contributed by atoms with van der Waals surface area (Å²) in [7, 11) is 4.69. The van der Waals surface area contributed by atoms with Crippen LogP contribution in [0.5, 0.6) is 28.7 Å². The second-order valence-electron chi connectivity index (χ2n) is 7.62. The highest BCUT2D eigenvalue weighted by Gasteiger charge is 2.51. The number of cyclic esters (lactones) is 1. The van der Waals surface area contributed by atoms with E-state index in [1.54, 1.807) is 21.3 Å². The number of benzene rings is 2. The van der Waals surface area contributed by atoms with E-state index >= 15 is 0 Å². The van der Waals surface area contributed by atoms with Crippen molar-refractivity contribution in [2.75, 3.05) is 34.7 Å².